The lowest BCUT2D eigenvalue weighted by Gasteiger charge is -2.04. The van der Waals surface area contributed by atoms with E-state index in [2.05, 4.69) is 23.6 Å². The van der Waals surface area contributed by atoms with E-state index in [-0.39, 0.29) is 0 Å². The van der Waals surface area contributed by atoms with Gasteiger partial charge in [-0.05, 0) is 42.8 Å². The first-order valence-electron chi connectivity index (χ1n) is 6.57. The van der Waals surface area contributed by atoms with Crippen molar-refractivity contribution in [3.05, 3.63) is 57.9 Å². The lowest BCUT2D eigenvalue weighted by atomic mass is 10.1. The first-order chi connectivity index (χ1) is 9.67. The van der Waals surface area contributed by atoms with Crippen LogP contribution in [0.2, 0.25) is 0 Å². The number of aromatic carboxylic acids is 1. The fraction of sp³-hybridized carbons (Fsp3) is 0.188. The van der Waals surface area contributed by atoms with Crippen molar-refractivity contribution < 1.29 is 9.90 Å². The van der Waals surface area contributed by atoms with E-state index in [0.29, 0.717) is 5.56 Å². The number of fused-ring (bicyclic) bond motifs is 1. The van der Waals surface area contributed by atoms with E-state index in [1.165, 1.54) is 9.75 Å². The van der Waals surface area contributed by atoms with Crippen molar-refractivity contribution in [2.24, 2.45) is 0 Å². The van der Waals surface area contributed by atoms with Gasteiger partial charge in [0.05, 0.1) is 12.1 Å². The number of aryl methyl sites for hydroxylation is 1. The topological polar surface area (TPSA) is 42.2 Å². The van der Waals surface area contributed by atoms with Gasteiger partial charge in [0.15, 0.2) is 0 Å². The van der Waals surface area contributed by atoms with Gasteiger partial charge in [-0.2, -0.15) is 0 Å². The van der Waals surface area contributed by atoms with Gasteiger partial charge in [0.1, 0.15) is 0 Å². The molecular formula is C16H15NO2S. The number of carbonyl (C=O) groups is 1. The second-order valence-corrected chi connectivity index (χ2v) is 6.00. The maximum atomic E-state index is 11.0. The Balaban J connectivity index is 1.94. The molecule has 1 aromatic carbocycles. The number of thiophene rings is 1. The van der Waals surface area contributed by atoms with E-state index in [1.807, 2.05) is 29.7 Å². The van der Waals surface area contributed by atoms with Gasteiger partial charge < -0.3 is 9.67 Å². The number of carboxylic acid groups (broad SMARTS) is 1. The van der Waals surface area contributed by atoms with E-state index in [0.717, 1.165) is 23.9 Å². The number of rotatable bonds is 4. The molecule has 0 saturated heterocycles. The third-order valence-electron chi connectivity index (χ3n) is 3.41. The minimum atomic E-state index is -0.884. The quantitative estimate of drug-likeness (QED) is 0.787. The number of nitrogens with zero attached hydrogens (tertiary/aromatic N) is 1. The first kappa shape index (κ1) is 12.9. The molecule has 102 valence electrons. The summed E-state index contributed by atoms with van der Waals surface area (Å²) < 4.78 is 2.16. The summed E-state index contributed by atoms with van der Waals surface area (Å²) in [5, 5.41) is 9.98. The molecule has 0 amide bonds. The second-order valence-electron chi connectivity index (χ2n) is 4.74. The van der Waals surface area contributed by atoms with Gasteiger partial charge in [-0.1, -0.05) is 6.92 Å². The molecule has 1 N–H and O–H groups in total. The molecule has 0 aliphatic rings. The molecule has 0 bridgehead atoms. The fourth-order valence-corrected chi connectivity index (χ4v) is 3.29. The molecule has 0 aliphatic carbocycles. The van der Waals surface area contributed by atoms with Gasteiger partial charge in [-0.3, -0.25) is 0 Å². The molecule has 2 heterocycles. The number of hydrogen-bond acceptors (Lipinski definition) is 2. The van der Waals surface area contributed by atoms with Crippen LogP contribution < -0.4 is 0 Å². The van der Waals surface area contributed by atoms with Crippen LogP contribution >= 0.6 is 11.3 Å². The molecule has 3 aromatic rings. The van der Waals surface area contributed by atoms with Crippen molar-refractivity contribution in [1.82, 2.24) is 4.57 Å². The summed E-state index contributed by atoms with van der Waals surface area (Å²) in [5.74, 6) is -0.884. The van der Waals surface area contributed by atoms with Crippen molar-refractivity contribution in [2.45, 2.75) is 19.9 Å². The number of carboxylic acids is 1. The molecule has 0 aliphatic heterocycles. The highest BCUT2D eigenvalue weighted by molar-refractivity contribution is 7.11. The number of hydrogen-bond donors (Lipinski definition) is 1. The Morgan fingerprint density at radius 3 is 2.70 bits per heavy atom. The third-order valence-corrected chi connectivity index (χ3v) is 4.62. The van der Waals surface area contributed by atoms with E-state index >= 15 is 0 Å². The largest absolute Gasteiger partial charge is 0.478 e. The smallest absolute Gasteiger partial charge is 0.335 e. The average molecular weight is 285 g/mol. The molecule has 20 heavy (non-hydrogen) atoms. The van der Waals surface area contributed by atoms with Crippen LogP contribution in [0.1, 0.15) is 27.0 Å². The van der Waals surface area contributed by atoms with Crippen molar-refractivity contribution in [3.63, 3.8) is 0 Å². The maximum Gasteiger partial charge on any atom is 0.335 e. The highest BCUT2D eigenvalue weighted by Gasteiger charge is 2.07. The highest BCUT2D eigenvalue weighted by Crippen LogP contribution is 2.22. The van der Waals surface area contributed by atoms with Crippen LogP contribution in [0.5, 0.6) is 0 Å². The summed E-state index contributed by atoms with van der Waals surface area (Å²) >= 11 is 1.83. The Morgan fingerprint density at radius 2 is 2.00 bits per heavy atom. The van der Waals surface area contributed by atoms with Crippen LogP contribution in [-0.2, 0) is 13.0 Å². The van der Waals surface area contributed by atoms with Gasteiger partial charge in [-0.25, -0.2) is 4.79 Å². The Bertz CT molecular complexity index is 770. The van der Waals surface area contributed by atoms with Gasteiger partial charge in [0.25, 0.3) is 0 Å². The van der Waals surface area contributed by atoms with Crippen LogP contribution in [0.4, 0.5) is 0 Å². The van der Waals surface area contributed by atoms with Gasteiger partial charge in [0.2, 0.25) is 0 Å². The molecule has 3 rings (SSSR count). The zero-order chi connectivity index (χ0) is 14.1. The van der Waals surface area contributed by atoms with E-state index in [4.69, 9.17) is 5.11 Å². The van der Waals surface area contributed by atoms with E-state index in [9.17, 15) is 4.79 Å². The Labute approximate surface area is 121 Å². The molecule has 0 fully saturated rings. The molecule has 0 saturated carbocycles. The molecule has 3 nitrogen and oxygen atoms in total. The van der Waals surface area contributed by atoms with Gasteiger partial charge >= 0.3 is 5.97 Å². The molecule has 0 radical (unpaired) electrons. The molecule has 0 unspecified atom stereocenters. The van der Waals surface area contributed by atoms with Crippen LogP contribution in [-0.4, -0.2) is 15.6 Å². The van der Waals surface area contributed by atoms with Crippen LogP contribution in [0.3, 0.4) is 0 Å². The fourth-order valence-electron chi connectivity index (χ4n) is 2.34. The first-order valence-corrected chi connectivity index (χ1v) is 7.39. The third kappa shape index (κ3) is 2.34. The zero-order valence-corrected chi connectivity index (χ0v) is 12.0. The minimum absolute atomic E-state index is 0.333. The molecule has 0 atom stereocenters. The number of aromatic nitrogens is 1. The maximum absolute atomic E-state index is 11.0. The average Bonchev–Trinajstić information content (AvgIpc) is 3.06. The van der Waals surface area contributed by atoms with Crippen molar-refractivity contribution >= 4 is 28.2 Å². The van der Waals surface area contributed by atoms with Crippen molar-refractivity contribution in [1.29, 1.82) is 0 Å². The molecule has 2 aromatic heterocycles. The monoisotopic (exact) mass is 285 g/mol. The van der Waals surface area contributed by atoms with Gasteiger partial charge in [-0.15, -0.1) is 11.3 Å². The Hall–Kier alpha value is -2.07. The standard InChI is InChI=1S/C16H15NO2S/c1-2-13-4-5-14(20-13)10-17-8-7-11-9-12(16(18)19)3-6-15(11)17/h3-9H,2,10H2,1H3,(H,18,19). The lowest BCUT2D eigenvalue weighted by molar-refractivity contribution is 0.0697. The molecular weight excluding hydrogens is 270 g/mol. The summed E-state index contributed by atoms with van der Waals surface area (Å²) in [6.07, 6.45) is 3.08. The summed E-state index contributed by atoms with van der Waals surface area (Å²) in [6, 6.07) is 11.6. The SMILES string of the molecule is CCc1ccc(Cn2ccc3cc(C(=O)O)ccc32)s1. The summed E-state index contributed by atoms with van der Waals surface area (Å²) in [6.45, 7) is 2.99. The highest BCUT2D eigenvalue weighted by atomic mass is 32.1. The predicted octanol–water partition coefficient (Wildman–Crippen LogP) is 4.01. The van der Waals surface area contributed by atoms with Crippen molar-refractivity contribution in [2.75, 3.05) is 0 Å². The normalized spacial score (nSPS) is 11.1. The van der Waals surface area contributed by atoms with Crippen LogP contribution in [0.25, 0.3) is 10.9 Å². The summed E-state index contributed by atoms with van der Waals surface area (Å²) in [4.78, 5) is 13.7. The molecule has 4 heteroatoms. The van der Waals surface area contributed by atoms with Crippen molar-refractivity contribution in [3.8, 4) is 0 Å². The summed E-state index contributed by atoms with van der Waals surface area (Å²) in [5.41, 5.74) is 1.40. The number of benzene rings is 1. The van der Waals surface area contributed by atoms with Crippen LogP contribution in [0.15, 0.2) is 42.6 Å². The van der Waals surface area contributed by atoms with E-state index < -0.39 is 5.97 Å². The second kappa shape index (κ2) is 5.13. The Morgan fingerprint density at radius 1 is 1.20 bits per heavy atom. The zero-order valence-electron chi connectivity index (χ0n) is 11.2. The summed E-state index contributed by atoms with van der Waals surface area (Å²) in [7, 11) is 0. The lowest BCUT2D eigenvalue weighted by Crippen LogP contribution is -1.97. The molecule has 0 spiro atoms. The Kier molecular flexibility index (Phi) is 3.32. The van der Waals surface area contributed by atoms with Crippen LogP contribution in [0, 0.1) is 0 Å². The van der Waals surface area contributed by atoms with E-state index in [1.54, 1.807) is 12.1 Å². The minimum Gasteiger partial charge on any atom is -0.478 e. The predicted molar refractivity (Wildman–Crippen MR) is 81.7 cm³/mol. The van der Waals surface area contributed by atoms with Gasteiger partial charge in [0, 0.05) is 26.9 Å².